The van der Waals surface area contributed by atoms with E-state index in [0.29, 0.717) is 25.2 Å². The quantitative estimate of drug-likeness (QED) is 0.616. The van der Waals surface area contributed by atoms with Gasteiger partial charge >= 0.3 is 0 Å². The van der Waals surface area contributed by atoms with Crippen LogP contribution < -0.4 is 5.32 Å². The highest BCUT2D eigenvalue weighted by Gasteiger charge is 2.32. The van der Waals surface area contributed by atoms with Gasteiger partial charge in [-0.25, -0.2) is 8.78 Å². The fourth-order valence-corrected chi connectivity index (χ4v) is 4.30. The van der Waals surface area contributed by atoms with Crippen molar-refractivity contribution in [2.45, 2.75) is 25.4 Å². The highest BCUT2D eigenvalue weighted by Crippen LogP contribution is 2.31. The topological polar surface area (TPSA) is 32.3 Å². The van der Waals surface area contributed by atoms with E-state index in [2.05, 4.69) is 22.3 Å². The van der Waals surface area contributed by atoms with Crippen LogP contribution in [0.15, 0.2) is 78.9 Å². The number of carbonyl (C=O) groups excluding carboxylic acids is 1. The highest BCUT2D eigenvalue weighted by molar-refractivity contribution is 5.79. The lowest BCUT2D eigenvalue weighted by Crippen LogP contribution is -2.45. The standard InChI is InChI=1S/C26H26F2N2O/c27-24-12-11-21(25(28)14-24)16-30-17-22(20-9-5-2-6-10-20)13-23(18-30)26(31)29-15-19-7-3-1-4-8-19/h1-12,14,22-23H,13,15-18H2,(H,29,31). The Morgan fingerprint density at radius 2 is 1.65 bits per heavy atom. The fraction of sp³-hybridized carbons (Fsp3) is 0.269. The van der Waals surface area contributed by atoms with Gasteiger partial charge in [0.1, 0.15) is 11.6 Å². The molecule has 2 atom stereocenters. The molecule has 0 saturated carbocycles. The van der Waals surface area contributed by atoms with Crippen molar-refractivity contribution in [2.75, 3.05) is 13.1 Å². The molecule has 160 valence electrons. The van der Waals surface area contributed by atoms with Crippen molar-refractivity contribution in [1.82, 2.24) is 10.2 Å². The van der Waals surface area contributed by atoms with Gasteiger partial charge in [0, 0.05) is 37.8 Å². The number of rotatable bonds is 6. The molecule has 1 aliphatic heterocycles. The van der Waals surface area contributed by atoms with Crippen LogP contribution in [0.3, 0.4) is 0 Å². The summed E-state index contributed by atoms with van der Waals surface area (Å²) in [7, 11) is 0. The van der Waals surface area contributed by atoms with E-state index in [9.17, 15) is 13.6 Å². The van der Waals surface area contributed by atoms with Crippen LogP contribution in [-0.4, -0.2) is 23.9 Å². The minimum absolute atomic E-state index is 0.00839. The first-order chi connectivity index (χ1) is 15.1. The summed E-state index contributed by atoms with van der Waals surface area (Å²) in [6.07, 6.45) is 0.743. The van der Waals surface area contributed by atoms with Gasteiger partial charge in [0.15, 0.2) is 0 Å². The van der Waals surface area contributed by atoms with Gasteiger partial charge < -0.3 is 5.32 Å². The molecule has 1 heterocycles. The SMILES string of the molecule is O=C(NCc1ccccc1)C1CC(c2ccccc2)CN(Cc2ccc(F)cc2F)C1. The molecule has 1 aliphatic rings. The third-order valence-corrected chi connectivity index (χ3v) is 5.89. The summed E-state index contributed by atoms with van der Waals surface area (Å²) in [5.41, 5.74) is 2.67. The number of benzene rings is 3. The van der Waals surface area contributed by atoms with Crippen molar-refractivity contribution in [3.63, 3.8) is 0 Å². The molecule has 0 radical (unpaired) electrons. The maximum Gasteiger partial charge on any atom is 0.224 e. The maximum atomic E-state index is 14.2. The second kappa shape index (κ2) is 9.84. The summed E-state index contributed by atoms with van der Waals surface area (Å²) in [4.78, 5) is 15.1. The van der Waals surface area contributed by atoms with Crippen LogP contribution in [0.5, 0.6) is 0 Å². The van der Waals surface area contributed by atoms with Gasteiger partial charge in [-0.3, -0.25) is 9.69 Å². The number of hydrogen-bond acceptors (Lipinski definition) is 2. The summed E-state index contributed by atoms with van der Waals surface area (Å²) in [5.74, 6) is -1.15. The first-order valence-electron chi connectivity index (χ1n) is 10.6. The van der Waals surface area contributed by atoms with Gasteiger partial charge in [-0.2, -0.15) is 0 Å². The van der Waals surface area contributed by atoms with Gasteiger partial charge in [-0.15, -0.1) is 0 Å². The number of carbonyl (C=O) groups is 1. The molecule has 31 heavy (non-hydrogen) atoms. The molecule has 1 N–H and O–H groups in total. The Labute approximate surface area is 181 Å². The van der Waals surface area contributed by atoms with Gasteiger partial charge in [0.2, 0.25) is 5.91 Å². The minimum atomic E-state index is -0.583. The maximum absolute atomic E-state index is 14.2. The van der Waals surface area contributed by atoms with Gasteiger partial charge in [-0.05, 0) is 29.5 Å². The largest absolute Gasteiger partial charge is 0.352 e. The molecule has 3 nitrogen and oxygen atoms in total. The molecule has 3 aromatic rings. The van der Waals surface area contributed by atoms with Crippen molar-refractivity contribution in [1.29, 1.82) is 0 Å². The summed E-state index contributed by atoms with van der Waals surface area (Å²) in [5, 5.41) is 3.05. The Morgan fingerprint density at radius 1 is 0.935 bits per heavy atom. The number of halogens is 2. The van der Waals surface area contributed by atoms with E-state index >= 15 is 0 Å². The van der Waals surface area contributed by atoms with E-state index < -0.39 is 11.6 Å². The number of nitrogens with zero attached hydrogens (tertiary/aromatic N) is 1. The first-order valence-corrected chi connectivity index (χ1v) is 10.6. The van der Waals surface area contributed by atoms with Crippen LogP contribution in [0.1, 0.15) is 29.0 Å². The summed E-state index contributed by atoms with van der Waals surface area (Å²) < 4.78 is 27.5. The monoisotopic (exact) mass is 420 g/mol. The Hall–Kier alpha value is -3.05. The van der Waals surface area contributed by atoms with Gasteiger partial charge in [-0.1, -0.05) is 66.7 Å². The predicted molar refractivity (Wildman–Crippen MR) is 117 cm³/mol. The fourth-order valence-electron chi connectivity index (χ4n) is 4.30. The predicted octanol–water partition coefficient (Wildman–Crippen LogP) is 4.89. The van der Waals surface area contributed by atoms with Crippen molar-refractivity contribution in [2.24, 2.45) is 5.92 Å². The minimum Gasteiger partial charge on any atom is -0.352 e. The third kappa shape index (κ3) is 5.56. The zero-order valence-electron chi connectivity index (χ0n) is 17.3. The average molecular weight is 421 g/mol. The lowest BCUT2D eigenvalue weighted by Gasteiger charge is -2.37. The van der Waals surface area contributed by atoms with E-state index in [1.54, 1.807) is 0 Å². The highest BCUT2D eigenvalue weighted by atomic mass is 19.1. The number of amides is 1. The van der Waals surface area contributed by atoms with Crippen molar-refractivity contribution in [3.8, 4) is 0 Å². The lowest BCUT2D eigenvalue weighted by atomic mass is 9.84. The second-order valence-corrected chi connectivity index (χ2v) is 8.17. The van der Waals surface area contributed by atoms with E-state index in [1.807, 2.05) is 48.5 Å². The molecule has 3 aromatic carbocycles. The van der Waals surface area contributed by atoms with E-state index in [4.69, 9.17) is 0 Å². The van der Waals surface area contributed by atoms with Crippen molar-refractivity contribution >= 4 is 5.91 Å². The Morgan fingerprint density at radius 3 is 2.35 bits per heavy atom. The normalized spacial score (nSPS) is 19.2. The van der Waals surface area contributed by atoms with Crippen molar-refractivity contribution in [3.05, 3.63) is 107 Å². The third-order valence-electron chi connectivity index (χ3n) is 5.89. The van der Waals surface area contributed by atoms with E-state index in [-0.39, 0.29) is 17.7 Å². The van der Waals surface area contributed by atoms with Gasteiger partial charge in [0.05, 0.1) is 5.92 Å². The molecular formula is C26H26F2N2O. The zero-order valence-corrected chi connectivity index (χ0v) is 17.3. The molecule has 1 fully saturated rings. The van der Waals surface area contributed by atoms with Crippen LogP contribution in [0.2, 0.25) is 0 Å². The Balaban J connectivity index is 1.49. The molecule has 1 saturated heterocycles. The Bertz CT molecular complexity index is 1010. The van der Waals surface area contributed by atoms with Crippen LogP contribution in [0.25, 0.3) is 0 Å². The molecule has 1 amide bonds. The average Bonchev–Trinajstić information content (AvgIpc) is 2.80. The molecule has 4 rings (SSSR count). The van der Waals surface area contributed by atoms with Crippen LogP contribution in [0, 0.1) is 17.6 Å². The number of piperidine rings is 1. The number of hydrogen-bond donors (Lipinski definition) is 1. The molecule has 0 aromatic heterocycles. The molecule has 0 spiro atoms. The Kier molecular flexibility index (Phi) is 6.73. The number of likely N-dealkylation sites (tertiary alicyclic amines) is 1. The second-order valence-electron chi connectivity index (χ2n) is 8.17. The van der Waals surface area contributed by atoms with Crippen LogP contribution in [-0.2, 0) is 17.9 Å². The molecule has 5 heteroatoms. The summed E-state index contributed by atoms with van der Waals surface area (Å²) >= 11 is 0. The zero-order chi connectivity index (χ0) is 21.6. The summed E-state index contributed by atoms with van der Waals surface area (Å²) in [6, 6.07) is 23.6. The van der Waals surface area contributed by atoms with Crippen LogP contribution >= 0.6 is 0 Å². The summed E-state index contributed by atoms with van der Waals surface area (Å²) in [6.45, 7) is 2.10. The molecular weight excluding hydrogens is 394 g/mol. The van der Waals surface area contributed by atoms with Gasteiger partial charge in [0.25, 0.3) is 0 Å². The van der Waals surface area contributed by atoms with E-state index in [0.717, 1.165) is 24.6 Å². The smallest absolute Gasteiger partial charge is 0.224 e. The van der Waals surface area contributed by atoms with Crippen molar-refractivity contribution < 1.29 is 13.6 Å². The molecule has 0 bridgehead atoms. The first kappa shape index (κ1) is 21.2. The molecule has 0 aliphatic carbocycles. The van der Waals surface area contributed by atoms with E-state index in [1.165, 1.54) is 17.7 Å². The lowest BCUT2D eigenvalue weighted by molar-refractivity contribution is -0.127. The molecule has 2 unspecified atom stereocenters. The number of nitrogens with one attached hydrogen (secondary N) is 1. The van der Waals surface area contributed by atoms with Crippen LogP contribution in [0.4, 0.5) is 8.78 Å².